The summed E-state index contributed by atoms with van der Waals surface area (Å²) in [6, 6.07) is 18.3. The highest BCUT2D eigenvalue weighted by Gasteiger charge is 2.31. The maximum atomic E-state index is 12.6. The lowest BCUT2D eigenvalue weighted by Gasteiger charge is -2.29. The lowest BCUT2D eigenvalue weighted by atomic mass is 9.79. The minimum Gasteiger partial charge on any atom is -0.492 e. The van der Waals surface area contributed by atoms with Crippen LogP contribution in [0, 0.1) is 0 Å². The molecule has 0 aromatic heterocycles. The Balaban J connectivity index is 1.63. The maximum Gasteiger partial charge on any atom is 0.231 e. The number of benzene rings is 2. The second-order valence-corrected chi connectivity index (χ2v) is 7.27. The van der Waals surface area contributed by atoms with E-state index in [1.807, 2.05) is 30.3 Å². The zero-order valence-corrected chi connectivity index (χ0v) is 14.6. The van der Waals surface area contributed by atoms with Gasteiger partial charge in [-0.15, -0.1) is 0 Å². The lowest BCUT2D eigenvalue weighted by Crippen LogP contribution is -2.40. The monoisotopic (exact) mass is 323 g/mol. The number of hydrogen-bond donors (Lipinski definition) is 1. The Morgan fingerprint density at radius 1 is 1.17 bits per heavy atom. The van der Waals surface area contributed by atoms with Crippen molar-refractivity contribution in [2.75, 3.05) is 6.61 Å². The molecule has 1 aliphatic rings. The van der Waals surface area contributed by atoms with E-state index in [1.54, 1.807) is 0 Å². The van der Waals surface area contributed by atoms with E-state index in [0.29, 0.717) is 6.61 Å². The van der Waals surface area contributed by atoms with Crippen molar-refractivity contribution in [3.05, 3.63) is 65.7 Å². The van der Waals surface area contributed by atoms with Crippen LogP contribution < -0.4 is 10.1 Å². The second-order valence-electron chi connectivity index (χ2n) is 7.27. The van der Waals surface area contributed by atoms with Crippen LogP contribution in [0.15, 0.2) is 54.6 Å². The molecule has 126 valence electrons. The fourth-order valence-corrected chi connectivity index (χ4v) is 3.55. The number of carbonyl (C=O) groups is 1. The van der Waals surface area contributed by atoms with Crippen molar-refractivity contribution in [3.8, 4) is 5.75 Å². The Bertz CT molecular complexity index is 709. The van der Waals surface area contributed by atoms with Crippen LogP contribution in [-0.2, 0) is 10.2 Å². The van der Waals surface area contributed by atoms with Gasteiger partial charge in [0.05, 0.1) is 0 Å². The number of rotatable bonds is 5. The van der Waals surface area contributed by atoms with Crippen LogP contribution in [0.2, 0.25) is 0 Å². The normalized spacial score (nSPS) is 17.7. The lowest BCUT2D eigenvalue weighted by molar-refractivity contribution is -0.123. The van der Waals surface area contributed by atoms with Gasteiger partial charge in [0, 0.05) is 11.6 Å². The summed E-state index contributed by atoms with van der Waals surface area (Å²) in [5.74, 6) is 0.676. The van der Waals surface area contributed by atoms with Gasteiger partial charge >= 0.3 is 0 Å². The summed E-state index contributed by atoms with van der Waals surface area (Å²) >= 11 is 0. The highest BCUT2D eigenvalue weighted by molar-refractivity contribution is 5.85. The van der Waals surface area contributed by atoms with Crippen LogP contribution in [0.5, 0.6) is 5.75 Å². The molecule has 2 aromatic rings. The van der Waals surface area contributed by atoms with Crippen molar-refractivity contribution in [2.45, 2.75) is 44.6 Å². The largest absolute Gasteiger partial charge is 0.492 e. The molecule has 2 atom stereocenters. The molecule has 1 heterocycles. The molecule has 0 bridgehead atoms. The third-order valence-corrected chi connectivity index (χ3v) is 4.78. The Labute approximate surface area is 144 Å². The first-order valence-electron chi connectivity index (χ1n) is 8.55. The molecule has 0 fully saturated rings. The maximum absolute atomic E-state index is 12.6. The van der Waals surface area contributed by atoms with Gasteiger partial charge < -0.3 is 10.1 Å². The topological polar surface area (TPSA) is 38.3 Å². The van der Waals surface area contributed by atoms with E-state index in [1.165, 1.54) is 5.56 Å². The zero-order valence-electron chi connectivity index (χ0n) is 14.6. The minimum absolute atomic E-state index is 0.0119. The van der Waals surface area contributed by atoms with Crippen LogP contribution in [0.3, 0.4) is 0 Å². The summed E-state index contributed by atoms with van der Waals surface area (Å²) in [6.45, 7) is 6.95. The van der Waals surface area contributed by atoms with Crippen molar-refractivity contribution >= 4 is 5.91 Å². The second kappa shape index (κ2) is 6.68. The number of fused-ring (bicyclic) bond motifs is 1. The van der Waals surface area contributed by atoms with Gasteiger partial charge in [-0.1, -0.05) is 62.4 Å². The van der Waals surface area contributed by atoms with Crippen LogP contribution in [0.25, 0.3) is 0 Å². The van der Waals surface area contributed by atoms with E-state index in [-0.39, 0.29) is 23.3 Å². The highest BCUT2D eigenvalue weighted by Crippen LogP contribution is 2.34. The first-order valence-corrected chi connectivity index (χ1v) is 8.55. The molecule has 0 spiro atoms. The molecular weight excluding hydrogens is 298 g/mol. The van der Waals surface area contributed by atoms with Gasteiger partial charge in [0.2, 0.25) is 5.91 Å². The standard InChI is InChI=1S/C21H25NO2/c1-15(13-21(2,3)16-9-5-4-6-10-16)22-20(23)18-14-24-19-12-8-7-11-17(18)19/h4-12,15,18H,13-14H2,1-3H3,(H,22,23). The van der Waals surface area contributed by atoms with E-state index in [0.717, 1.165) is 17.7 Å². The summed E-state index contributed by atoms with van der Waals surface area (Å²) in [5.41, 5.74) is 2.29. The highest BCUT2D eigenvalue weighted by atomic mass is 16.5. The molecule has 0 saturated carbocycles. The molecule has 3 rings (SSSR count). The van der Waals surface area contributed by atoms with Crippen molar-refractivity contribution in [2.24, 2.45) is 0 Å². The smallest absolute Gasteiger partial charge is 0.231 e. The van der Waals surface area contributed by atoms with Gasteiger partial charge in [0.15, 0.2) is 0 Å². The third kappa shape index (κ3) is 3.45. The predicted molar refractivity (Wildman–Crippen MR) is 96.4 cm³/mol. The molecule has 2 aromatic carbocycles. The quantitative estimate of drug-likeness (QED) is 0.902. The van der Waals surface area contributed by atoms with Gasteiger partial charge in [0.25, 0.3) is 0 Å². The van der Waals surface area contributed by atoms with Crippen molar-refractivity contribution < 1.29 is 9.53 Å². The number of hydrogen-bond acceptors (Lipinski definition) is 2. The van der Waals surface area contributed by atoms with Crippen molar-refractivity contribution in [3.63, 3.8) is 0 Å². The molecule has 3 heteroatoms. The van der Waals surface area contributed by atoms with E-state index < -0.39 is 0 Å². The fourth-order valence-electron chi connectivity index (χ4n) is 3.55. The number of carbonyl (C=O) groups excluding carboxylic acids is 1. The molecule has 0 saturated heterocycles. The number of amides is 1. The van der Waals surface area contributed by atoms with Crippen LogP contribution in [-0.4, -0.2) is 18.6 Å². The van der Waals surface area contributed by atoms with Gasteiger partial charge in [-0.3, -0.25) is 4.79 Å². The SMILES string of the molecule is CC(CC(C)(C)c1ccccc1)NC(=O)C1COc2ccccc21. The van der Waals surface area contributed by atoms with Crippen molar-refractivity contribution in [1.82, 2.24) is 5.32 Å². The Hall–Kier alpha value is -2.29. The zero-order chi connectivity index (χ0) is 17.2. The molecule has 2 unspecified atom stereocenters. The van der Waals surface area contributed by atoms with Gasteiger partial charge in [-0.2, -0.15) is 0 Å². The molecule has 0 radical (unpaired) electrons. The summed E-state index contributed by atoms with van der Waals surface area (Å²) in [6.07, 6.45) is 0.887. The summed E-state index contributed by atoms with van der Waals surface area (Å²) in [5, 5.41) is 3.17. The van der Waals surface area contributed by atoms with Gasteiger partial charge in [0.1, 0.15) is 18.3 Å². The van der Waals surface area contributed by atoms with Crippen molar-refractivity contribution in [1.29, 1.82) is 0 Å². The molecule has 1 amide bonds. The average Bonchev–Trinajstić information content (AvgIpc) is 2.99. The molecular formula is C21H25NO2. The predicted octanol–water partition coefficient (Wildman–Crippen LogP) is 4.04. The van der Waals surface area contributed by atoms with Crippen LogP contribution in [0.4, 0.5) is 0 Å². The van der Waals surface area contributed by atoms with Crippen LogP contribution in [0.1, 0.15) is 44.2 Å². The Morgan fingerprint density at radius 3 is 2.58 bits per heavy atom. The third-order valence-electron chi connectivity index (χ3n) is 4.78. The number of ether oxygens (including phenoxy) is 1. The van der Waals surface area contributed by atoms with Crippen LogP contribution >= 0.6 is 0 Å². The molecule has 3 nitrogen and oxygen atoms in total. The Kier molecular flexibility index (Phi) is 4.61. The molecule has 0 aliphatic carbocycles. The van der Waals surface area contributed by atoms with Gasteiger partial charge in [-0.25, -0.2) is 0 Å². The molecule has 1 N–H and O–H groups in total. The van der Waals surface area contributed by atoms with E-state index in [2.05, 4.69) is 50.4 Å². The fraction of sp³-hybridized carbons (Fsp3) is 0.381. The van der Waals surface area contributed by atoms with Gasteiger partial charge in [-0.05, 0) is 30.4 Å². The molecule has 1 aliphatic heterocycles. The Morgan fingerprint density at radius 2 is 1.83 bits per heavy atom. The van der Waals surface area contributed by atoms with E-state index in [9.17, 15) is 4.79 Å². The summed E-state index contributed by atoms with van der Waals surface area (Å²) in [7, 11) is 0. The first-order chi connectivity index (χ1) is 11.5. The summed E-state index contributed by atoms with van der Waals surface area (Å²) in [4.78, 5) is 12.6. The number of nitrogens with one attached hydrogen (secondary N) is 1. The van der Waals surface area contributed by atoms with E-state index >= 15 is 0 Å². The minimum atomic E-state index is -0.205. The molecule has 24 heavy (non-hydrogen) atoms. The summed E-state index contributed by atoms with van der Waals surface area (Å²) < 4.78 is 5.62. The number of para-hydroxylation sites is 1. The van der Waals surface area contributed by atoms with E-state index in [4.69, 9.17) is 4.74 Å². The first kappa shape index (κ1) is 16.6. The average molecular weight is 323 g/mol.